The maximum Gasteiger partial charge on any atom is 0.305 e. The van der Waals surface area contributed by atoms with E-state index < -0.39 is 15.8 Å². The summed E-state index contributed by atoms with van der Waals surface area (Å²) >= 11 is 0. The Bertz CT molecular complexity index is 580. The second-order valence-corrected chi connectivity index (χ2v) is 7.26. The van der Waals surface area contributed by atoms with Crippen molar-refractivity contribution in [2.75, 3.05) is 17.2 Å². The fraction of sp³-hybridized carbons (Fsp3) is 0.500. The third-order valence-electron chi connectivity index (χ3n) is 3.69. The minimum Gasteiger partial charge on any atom is -0.481 e. The molecule has 2 rings (SSSR count). The molecule has 1 aliphatic rings. The maximum absolute atomic E-state index is 11.8. The highest BCUT2D eigenvalue weighted by molar-refractivity contribution is 7.91. The summed E-state index contributed by atoms with van der Waals surface area (Å²) in [7, 11) is -3.18. The molecule has 0 spiro atoms. The number of hydrogen-bond acceptors (Lipinski definition) is 4. The van der Waals surface area contributed by atoms with Gasteiger partial charge in [-0.1, -0.05) is 6.92 Å². The molecule has 20 heavy (non-hydrogen) atoms. The Hall–Kier alpha value is -1.56. The molecule has 1 aromatic carbocycles. The van der Waals surface area contributed by atoms with E-state index >= 15 is 0 Å². The monoisotopic (exact) mass is 297 g/mol. The van der Waals surface area contributed by atoms with E-state index in [1.165, 1.54) is 0 Å². The van der Waals surface area contributed by atoms with Gasteiger partial charge in [-0.25, -0.2) is 8.42 Å². The van der Waals surface area contributed by atoms with Gasteiger partial charge in [-0.2, -0.15) is 0 Å². The van der Waals surface area contributed by atoms with Crippen LogP contribution in [-0.2, 0) is 14.6 Å². The van der Waals surface area contributed by atoms with Crippen LogP contribution in [0.25, 0.3) is 0 Å². The molecule has 1 atom stereocenters. The predicted molar refractivity (Wildman–Crippen MR) is 76.8 cm³/mol. The third kappa shape index (κ3) is 3.12. The molecule has 1 N–H and O–H groups in total. The SMILES string of the molecule is CCS(=O)(=O)c1ccc(N2CCCC2CC(=O)O)cc1. The van der Waals surface area contributed by atoms with Gasteiger partial charge in [0.15, 0.2) is 9.84 Å². The van der Waals surface area contributed by atoms with Crippen LogP contribution in [0.3, 0.4) is 0 Å². The molecule has 0 aliphatic carbocycles. The van der Waals surface area contributed by atoms with E-state index in [1.807, 2.05) is 0 Å². The van der Waals surface area contributed by atoms with Crippen molar-refractivity contribution in [3.63, 3.8) is 0 Å². The molecule has 0 aromatic heterocycles. The molecule has 1 fully saturated rings. The molecule has 1 aliphatic heterocycles. The van der Waals surface area contributed by atoms with Gasteiger partial charge < -0.3 is 10.0 Å². The second-order valence-electron chi connectivity index (χ2n) is 4.98. The molecule has 6 heteroatoms. The summed E-state index contributed by atoms with van der Waals surface area (Å²) in [4.78, 5) is 13.2. The van der Waals surface area contributed by atoms with Gasteiger partial charge in [-0.3, -0.25) is 4.79 Å². The Morgan fingerprint density at radius 1 is 1.35 bits per heavy atom. The van der Waals surface area contributed by atoms with E-state index in [2.05, 4.69) is 4.90 Å². The van der Waals surface area contributed by atoms with Crippen molar-refractivity contribution < 1.29 is 18.3 Å². The number of carbonyl (C=O) groups is 1. The molecule has 1 heterocycles. The molecule has 0 saturated carbocycles. The topological polar surface area (TPSA) is 74.7 Å². The van der Waals surface area contributed by atoms with Gasteiger partial charge in [0.2, 0.25) is 0 Å². The van der Waals surface area contributed by atoms with Crippen molar-refractivity contribution in [3.05, 3.63) is 24.3 Å². The van der Waals surface area contributed by atoms with Crippen molar-refractivity contribution in [3.8, 4) is 0 Å². The molecule has 0 amide bonds. The summed E-state index contributed by atoms with van der Waals surface area (Å²) in [6.45, 7) is 2.43. The highest BCUT2D eigenvalue weighted by Crippen LogP contribution is 2.28. The van der Waals surface area contributed by atoms with E-state index in [1.54, 1.807) is 31.2 Å². The van der Waals surface area contributed by atoms with Gasteiger partial charge in [-0.15, -0.1) is 0 Å². The second kappa shape index (κ2) is 5.83. The smallest absolute Gasteiger partial charge is 0.305 e. The first-order chi connectivity index (χ1) is 9.44. The summed E-state index contributed by atoms with van der Waals surface area (Å²) in [5.74, 6) is -0.718. The van der Waals surface area contributed by atoms with Crippen molar-refractivity contribution in [2.45, 2.75) is 37.1 Å². The van der Waals surface area contributed by atoms with E-state index in [-0.39, 0.29) is 18.2 Å². The van der Waals surface area contributed by atoms with Crippen LogP contribution in [0.5, 0.6) is 0 Å². The predicted octanol–water partition coefficient (Wildman–Crippen LogP) is 1.92. The van der Waals surface area contributed by atoms with Crippen LogP contribution >= 0.6 is 0 Å². The van der Waals surface area contributed by atoms with Gasteiger partial charge in [0.1, 0.15) is 0 Å². The van der Waals surface area contributed by atoms with E-state index in [0.29, 0.717) is 4.90 Å². The lowest BCUT2D eigenvalue weighted by atomic mass is 10.1. The minimum absolute atomic E-state index is 0.00105. The zero-order chi connectivity index (χ0) is 14.8. The third-order valence-corrected chi connectivity index (χ3v) is 5.45. The van der Waals surface area contributed by atoms with Crippen LogP contribution < -0.4 is 4.90 Å². The average Bonchev–Trinajstić information content (AvgIpc) is 2.86. The molecule has 1 saturated heterocycles. The Morgan fingerprint density at radius 2 is 2.00 bits per heavy atom. The lowest BCUT2D eigenvalue weighted by Crippen LogP contribution is -2.31. The zero-order valence-electron chi connectivity index (χ0n) is 11.4. The Balaban J connectivity index is 2.19. The first-order valence-electron chi connectivity index (χ1n) is 6.75. The number of carboxylic acids is 1. The highest BCUT2D eigenvalue weighted by Gasteiger charge is 2.26. The van der Waals surface area contributed by atoms with Crippen LogP contribution in [0.2, 0.25) is 0 Å². The van der Waals surface area contributed by atoms with Crippen LogP contribution in [0.1, 0.15) is 26.2 Å². The lowest BCUT2D eigenvalue weighted by molar-refractivity contribution is -0.137. The molecule has 1 unspecified atom stereocenters. The van der Waals surface area contributed by atoms with Crippen LogP contribution in [0.15, 0.2) is 29.2 Å². The fourth-order valence-corrected chi connectivity index (χ4v) is 3.49. The standard InChI is InChI=1S/C14H19NO4S/c1-2-20(18,19)13-7-5-11(6-8-13)15-9-3-4-12(15)10-14(16)17/h5-8,12H,2-4,9-10H2,1H3,(H,16,17). The molecule has 0 bridgehead atoms. The number of anilines is 1. The van der Waals surface area contributed by atoms with E-state index in [9.17, 15) is 13.2 Å². The normalized spacial score (nSPS) is 19.2. The van der Waals surface area contributed by atoms with Gasteiger partial charge >= 0.3 is 5.97 Å². The van der Waals surface area contributed by atoms with Gasteiger partial charge in [-0.05, 0) is 37.1 Å². The zero-order valence-corrected chi connectivity index (χ0v) is 12.3. The first-order valence-corrected chi connectivity index (χ1v) is 8.40. The molecule has 1 aromatic rings. The minimum atomic E-state index is -3.18. The van der Waals surface area contributed by atoms with E-state index in [4.69, 9.17) is 5.11 Å². The number of nitrogens with zero attached hydrogens (tertiary/aromatic N) is 1. The maximum atomic E-state index is 11.8. The molecular weight excluding hydrogens is 278 g/mol. The van der Waals surface area contributed by atoms with Gasteiger partial charge in [0.05, 0.1) is 17.1 Å². The molecular formula is C14H19NO4S. The summed E-state index contributed by atoms with van der Waals surface area (Å²) in [5, 5.41) is 8.92. The van der Waals surface area contributed by atoms with Gasteiger partial charge in [0, 0.05) is 18.3 Å². The summed E-state index contributed by atoms with van der Waals surface area (Å²) in [5.41, 5.74) is 0.892. The number of sulfone groups is 1. The molecule has 5 nitrogen and oxygen atoms in total. The summed E-state index contributed by atoms with van der Waals surface area (Å²) in [6, 6.07) is 6.74. The summed E-state index contributed by atoms with van der Waals surface area (Å²) < 4.78 is 23.5. The number of carboxylic acid groups (broad SMARTS) is 1. The number of rotatable bonds is 5. The largest absolute Gasteiger partial charge is 0.481 e. The average molecular weight is 297 g/mol. The van der Waals surface area contributed by atoms with Crippen LogP contribution in [-0.4, -0.2) is 37.8 Å². The van der Waals surface area contributed by atoms with Crippen molar-refractivity contribution in [1.29, 1.82) is 0 Å². The Labute approximate surface area is 119 Å². The van der Waals surface area contributed by atoms with Crippen molar-refractivity contribution in [2.24, 2.45) is 0 Å². The molecule has 0 radical (unpaired) electrons. The quantitative estimate of drug-likeness (QED) is 0.898. The lowest BCUT2D eigenvalue weighted by Gasteiger charge is -2.25. The number of hydrogen-bond donors (Lipinski definition) is 1. The first kappa shape index (κ1) is 14.8. The molecule has 110 valence electrons. The Morgan fingerprint density at radius 3 is 2.55 bits per heavy atom. The number of benzene rings is 1. The van der Waals surface area contributed by atoms with Gasteiger partial charge in [0.25, 0.3) is 0 Å². The van der Waals surface area contributed by atoms with E-state index in [0.717, 1.165) is 25.1 Å². The fourth-order valence-electron chi connectivity index (χ4n) is 2.60. The van der Waals surface area contributed by atoms with Crippen LogP contribution in [0.4, 0.5) is 5.69 Å². The van der Waals surface area contributed by atoms with Crippen LogP contribution in [0, 0.1) is 0 Å². The highest BCUT2D eigenvalue weighted by atomic mass is 32.2. The number of aliphatic carboxylic acids is 1. The summed E-state index contributed by atoms with van der Waals surface area (Å²) in [6.07, 6.45) is 1.95. The van der Waals surface area contributed by atoms with Crippen molar-refractivity contribution >= 4 is 21.5 Å². The Kier molecular flexibility index (Phi) is 4.32. The van der Waals surface area contributed by atoms with Crippen molar-refractivity contribution in [1.82, 2.24) is 0 Å².